The summed E-state index contributed by atoms with van der Waals surface area (Å²) in [7, 11) is 0. The number of benzene rings is 3. The van der Waals surface area contributed by atoms with E-state index < -0.39 is 5.97 Å². The molecule has 2 atom stereocenters. The third-order valence-corrected chi connectivity index (χ3v) is 6.53. The minimum absolute atomic E-state index is 0.224. The predicted molar refractivity (Wildman–Crippen MR) is 132 cm³/mol. The Bertz CT molecular complexity index is 1090. The molecule has 174 valence electrons. The van der Waals surface area contributed by atoms with Gasteiger partial charge in [-0.2, -0.15) is 0 Å². The Morgan fingerprint density at radius 1 is 1.18 bits per heavy atom. The van der Waals surface area contributed by atoms with E-state index in [-0.39, 0.29) is 12.7 Å². The molecule has 33 heavy (non-hydrogen) atoms. The van der Waals surface area contributed by atoms with E-state index in [0.29, 0.717) is 11.7 Å². The SMILES string of the molecule is Cc1cc(N2CCOC(CCC[C@H](C)c3cccc4ccccc34)C2)ccc1OCC(=O)O. The number of ether oxygens (including phenoxy) is 2. The molecule has 1 heterocycles. The average molecular weight is 448 g/mol. The van der Waals surface area contributed by atoms with Crippen LogP contribution < -0.4 is 9.64 Å². The van der Waals surface area contributed by atoms with Crippen molar-refractivity contribution >= 4 is 22.4 Å². The van der Waals surface area contributed by atoms with E-state index >= 15 is 0 Å². The minimum Gasteiger partial charge on any atom is -0.482 e. The second-order valence-electron chi connectivity index (χ2n) is 8.97. The van der Waals surface area contributed by atoms with Gasteiger partial charge in [0.1, 0.15) is 5.75 Å². The fourth-order valence-corrected chi connectivity index (χ4v) is 4.75. The van der Waals surface area contributed by atoms with Crippen molar-refractivity contribution in [3.63, 3.8) is 0 Å². The Balaban J connectivity index is 1.31. The number of fused-ring (bicyclic) bond motifs is 1. The van der Waals surface area contributed by atoms with E-state index in [4.69, 9.17) is 14.6 Å². The second kappa shape index (κ2) is 10.7. The van der Waals surface area contributed by atoms with Gasteiger partial charge in [-0.25, -0.2) is 4.79 Å². The Labute approximate surface area is 195 Å². The van der Waals surface area contributed by atoms with Crippen molar-refractivity contribution in [2.45, 2.75) is 45.1 Å². The van der Waals surface area contributed by atoms with Gasteiger partial charge in [0.05, 0.1) is 12.7 Å². The second-order valence-corrected chi connectivity index (χ2v) is 8.97. The summed E-state index contributed by atoms with van der Waals surface area (Å²) in [6, 6.07) is 21.2. The van der Waals surface area contributed by atoms with Crippen molar-refractivity contribution in [3.05, 3.63) is 71.8 Å². The maximum Gasteiger partial charge on any atom is 0.341 e. The van der Waals surface area contributed by atoms with Crippen LogP contribution in [0.5, 0.6) is 5.75 Å². The fourth-order valence-electron chi connectivity index (χ4n) is 4.75. The van der Waals surface area contributed by atoms with Gasteiger partial charge in [0.25, 0.3) is 0 Å². The Kier molecular flexibility index (Phi) is 7.50. The standard InChI is InChI=1S/C28H33NO4/c1-20(25-12-6-9-22-8-3-4-11-26(22)25)7-5-10-24-18-29(15-16-32-24)23-13-14-27(21(2)17-23)33-19-28(30)31/h3-4,6,8-9,11-14,17,20,24H,5,7,10,15-16,18-19H2,1-2H3,(H,30,31)/t20-,24?/m0/s1. The van der Waals surface area contributed by atoms with E-state index in [1.165, 1.54) is 16.3 Å². The zero-order valence-corrected chi connectivity index (χ0v) is 19.5. The average Bonchev–Trinajstić information content (AvgIpc) is 2.83. The van der Waals surface area contributed by atoms with Crippen LogP contribution in [0.4, 0.5) is 5.69 Å². The molecule has 4 rings (SSSR count). The molecule has 0 aromatic heterocycles. The number of carbonyl (C=O) groups is 1. The first kappa shape index (κ1) is 23.1. The van der Waals surface area contributed by atoms with Crippen LogP contribution in [-0.4, -0.2) is 43.5 Å². The number of anilines is 1. The number of hydrogen-bond acceptors (Lipinski definition) is 4. The molecule has 0 saturated carbocycles. The lowest BCUT2D eigenvalue weighted by atomic mass is 9.90. The highest BCUT2D eigenvalue weighted by Gasteiger charge is 2.21. The lowest BCUT2D eigenvalue weighted by molar-refractivity contribution is -0.139. The lowest BCUT2D eigenvalue weighted by Crippen LogP contribution is -2.42. The molecule has 0 bridgehead atoms. The zero-order valence-electron chi connectivity index (χ0n) is 19.5. The summed E-state index contributed by atoms with van der Waals surface area (Å²) in [5.74, 6) is 0.162. The fraction of sp³-hybridized carbons (Fsp3) is 0.393. The van der Waals surface area contributed by atoms with E-state index in [1.807, 2.05) is 19.1 Å². The number of nitrogens with zero attached hydrogens (tertiary/aromatic N) is 1. The molecule has 0 amide bonds. The first-order chi connectivity index (χ1) is 16.0. The van der Waals surface area contributed by atoms with Crippen LogP contribution in [0.15, 0.2) is 60.7 Å². The third kappa shape index (κ3) is 5.85. The Hall–Kier alpha value is -3.05. The molecule has 1 unspecified atom stereocenters. The summed E-state index contributed by atoms with van der Waals surface area (Å²) in [5, 5.41) is 11.5. The van der Waals surface area contributed by atoms with E-state index in [0.717, 1.165) is 50.2 Å². The molecule has 1 N–H and O–H groups in total. The van der Waals surface area contributed by atoms with Crippen molar-refractivity contribution in [1.29, 1.82) is 0 Å². The van der Waals surface area contributed by atoms with Crippen LogP contribution in [0.3, 0.4) is 0 Å². The van der Waals surface area contributed by atoms with Gasteiger partial charge in [0.2, 0.25) is 0 Å². The van der Waals surface area contributed by atoms with Crippen molar-refractivity contribution in [2.24, 2.45) is 0 Å². The molecular formula is C28H33NO4. The van der Waals surface area contributed by atoms with Crippen LogP contribution in [0.2, 0.25) is 0 Å². The molecule has 3 aromatic carbocycles. The third-order valence-electron chi connectivity index (χ3n) is 6.53. The molecule has 1 fully saturated rings. The number of carboxylic acid groups (broad SMARTS) is 1. The molecule has 1 saturated heterocycles. The maximum absolute atomic E-state index is 10.8. The van der Waals surface area contributed by atoms with Crippen LogP contribution in [0.25, 0.3) is 10.8 Å². The molecule has 3 aromatic rings. The highest BCUT2D eigenvalue weighted by atomic mass is 16.5. The highest BCUT2D eigenvalue weighted by Crippen LogP contribution is 2.30. The van der Waals surface area contributed by atoms with Gasteiger partial charge < -0.3 is 19.5 Å². The summed E-state index contributed by atoms with van der Waals surface area (Å²) in [4.78, 5) is 13.1. The zero-order chi connectivity index (χ0) is 23.2. The summed E-state index contributed by atoms with van der Waals surface area (Å²) in [6.45, 7) is 6.41. The monoisotopic (exact) mass is 447 g/mol. The highest BCUT2D eigenvalue weighted by molar-refractivity contribution is 5.86. The summed E-state index contributed by atoms with van der Waals surface area (Å²) in [5.41, 5.74) is 3.51. The Morgan fingerprint density at radius 2 is 2.00 bits per heavy atom. The molecule has 1 aliphatic rings. The number of morpholine rings is 1. The van der Waals surface area contributed by atoms with Gasteiger partial charge >= 0.3 is 5.97 Å². The molecule has 0 radical (unpaired) electrons. The molecule has 0 aliphatic carbocycles. The quantitative estimate of drug-likeness (QED) is 0.450. The number of hydrogen-bond donors (Lipinski definition) is 1. The molecule has 0 spiro atoms. The predicted octanol–water partition coefficient (Wildman–Crippen LogP) is 5.79. The molecular weight excluding hydrogens is 414 g/mol. The number of aliphatic carboxylic acids is 1. The molecule has 1 aliphatic heterocycles. The van der Waals surface area contributed by atoms with Gasteiger partial charge in [-0.3, -0.25) is 0 Å². The first-order valence-corrected chi connectivity index (χ1v) is 11.8. The smallest absolute Gasteiger partial charge is 0.341 e. The number of rotatable bonds is 9. The van der Waals surface area contributed by atoms with E-state index in [1.54, 1.807) is 0 Å². The van der Waals surface area contributed by atoms with Crippen molar-refractivity contribution in [1.82, 2.24) is 0 Å². The largest absolute Gasteiger partial charge is 0.482 e. The van der Waals surface area contributed by atoms with Gasteiger partial charge in [-0.15, -0.1) is 0 Å². The lowest BCUT2D eigenvalue weighted by Gasteiger charge is -2.35. The van der Waals surface area contributed by atoms with E-state index in [2.05, 4.69) is 60.4 Å². The minimum atomic E-state index is -0.968. The normalized spacial score (nSPS) is 17.2. The van der Waals surface area contributed by atoms with E-state index in [9.17, 15) is 4.79 Å². The summed E-state index contributed by atoms with van der Waals surface area (Å²) in [6.07, 6.45) is 3.54. The van der Waals surface area contributed by atoms with Crippen LogP contribution >= 0.6 is 0 Å². The van der Waals surface area contributed by atoms with Gasteiger partial charge in [0, 0.05) is 18.8 Å². The van der Waals surface area contributed by atoms with Crippen LogP contribution in [0.1, 0.15) is 43.2 Å². The van der Waals surface area contributed by atoms with Gasteiger partial charge in [-0.05, 0) is 65.8 Å². The maximum atomic E-state index is 10.8. The van der Waals surface area contributed by atoms with Crippen molar-refractivity contribution in [3.8, 4) is 5.75 Å². The molecule has 5 heteroatoms. The van der Waals surface area contributed by atoms with Crippen LogP contribution in [-0.2, 0) is 9.53 Å². The van der Waals surface area contributed by atoms with Gasteiger partial charge in [0.15, 0.2) is 6.61 Å². The first-order valence-electron chi connectivity index (χ1n) is 11.8. The van der Waals surface area contributed by atoms with Crippen molar-refractivity contribution in [2.75, 3.05) is 31.2 Å². The Morgan fingerprint density at radius 3 is 2.82 bits per heavy atom. The van der Waals surface area contributed by atoms with Gasteiger partial charge in [-0.1, -0.05) is 55.8 Å². The topological polar surface area (TPSA) is 59.0 Å². The van der Waals surface area contributed by atoms with Crippen LogP contribution in [0, 0.1) is 6.92 Å². The summed E-state index contributed by atoms with van der Waals surface area (Å²) >= 11 is 0. The molecule has 5 nitrogen and oxygen atoms in total. The summed E-state index contributed by atoms with van der Waals surface area (Å²) < 4.78 is 11.4. The number of carboxylic acids is 1. The van der Waals surface area contributed by atoms with Crippen molar-refractivity contribution < 1.29 is 19.4 Å². The number of aryl methyl sites for hydroxylation is 1.